The van der Waals surface area contributed by atoms with Gasteiger partial charge in [-0.25, -0.2) is 0 Å². The van der Waals surface area contributed by atoms with Gasteiger partial charge in [0.05, 0.1) is 12.1 Å². The predicted octanol–water partition coefficient (Wildman–Crippen LogP) is 4.00. The molecule has 0 N–H and O–H groups in total. The van der Waals surface area contributed by atoms with Gasteiger partial charge in [-0.3, -0.25) is 4.79 Å². The molecule has 1 amide bonds. The van der Waals surface area contributed by atoms with Crippen molar-refractivity contribution in [2.24, 2.45) is 5.92 Å². The number of aryl methyl sites for hydroxylation is 1. The third kappa shape index (κ3) is 4.31. The fraction of sp³-hybridized carbons (Fsp3) is 0.571. The molecule has 2 heterocycles. The smallest absolute Gasteiger partial charge is 0.261 e. The summed E-state index contributed by atoms with van der Waals surface area (Å²) in [7, 11) is 0. The number of carbonyl (C=O) groups is 1. The molecule has 0 radical (unpaired) electrons. The number of benzene rings is 1. The van der Waals surface area contributed by atoms with Crippen molar-refractivity contribution in [3.63, 3.8) is 0 Å². The Labute approximate surface area is 159 Å². The third-order valence-electron chi connectivity index (χ3n) is 5.62. The zero-order chi connectivity index (χ0) is 18.6. The van der Waals surface area contributed by atoms with E-state index in [1.54, 1.807) is 6.92 Å². The molecule has 2 aromatic rings. The molecule has 6 heteroatoms. The van der Waals surface area contributed by atoms with Crippen LogP contribution in [-0.4, -0.2) is 40.1 Å². The molecule has 0 bridgehead atoms. The second-order valence-electron chi connectivity index (χ2n) is 7.72. The van der Waals surface area contributed by atoms with Crippen LogP contribution in [0.15, 0.2) is 28.8 Å². The van der Waals surface area contributed by atoms with Crippen LogP contribution in [0.1, 0.15) is 50.8 Å². The highest BCUT2D eigenvalue weighted by molar-refractivity contribution is 5.76. The topological polar surface area (TPSA) is 68.5 Å². The van der Waals surface area contributed by atoms with Gasteiger partial charge in [-0.2, -0.15) is 4.98 Å². The molecular weight excluding hydrogens is 342 g/mol. The van der Waals surface area contributed by atoms with Crippen LogP contribution in [0.4, 0.5) is 0 Å². The molecule has 1 aliphatic carbocycles. The molecule has 27 heavy (non-hydrogen) atoms. The van der Waals surface area contributed by atoms with Gasteiger partial charge in [0.2, 0.25) is 5.91 Å². The highest BCUT2D eigenvalue weighted by Crippen LogP contribution is 2.31. The van der Waals surface area contributed by atoms with E-state index in [2.05, 4.69) is 10.1 Å². The van der Waals surface area contributed by atoms with E-state index >= 15 is 0 Å². The van der Waals surface area contributed by atoms with Crippen molar-refractivity contribution in [2.75, 3.05) is 13.1 Å². The SMILES string of the molecule is Cc1noc(-c2ccccc2OC2CCN(C(=O)CC3CCCCC3)C2)n1. The van der Waals surface area contributed by atoms with Gasteiger partial charge in [-0.1, -0.05) is 36.6 Å². The number of aromatic nitrogens is 2. The van der Waals surface area contributed by atoms with Gasteiger partial charge >= 0.3 is 0 Å². The zero-order valence-corrected chi connectivity index (χ0v) is 15.9. The number of likely N-dealkylation sites (tertiary alicyclic amines) is 1. The van der Waals surface area contributed by atoms with E-state index in [9.17, 15) is 4.79 Å². The fourth-order valence-electron chi connectivity index (χ4n) is 4.15. The maximum absolute atomic E-state index is 12.6. The van der Waals surface area contributed by atoms with E-state index in [0.29, 0.717) is 30.6 Å². The average Bonchev–Trinajstić information content (AvgIpc) is 3.32. The lowest BCUT2D eigenvalue weighted by atomic mass is 9.87. The maximum atomic E-state index is 12.6. The lowest BCUT2D eigenvalue weighted by Gasteiger charge is -2.24. The fourth-order valence-corrected chi connectivity index (χ4v) is 4.15. The lowest BCUT2D eigenvalue weighted by Crippen LogP contribution is -2.32. The molecule has 6 nitrogen and oxygen atoms in total. The van der Waals surface area contributed by atoms with Crippen molar-refractivity contribution in [1.82, 2.24) is 15.0 Å². The molecule has 1 saturated carbocycles. The Balaban J connectivity index is 1.37. The molecule has 1 unspecified atom stereocenters. The van der Waals surface area contributed by atoms with Crippen molar-refractivity contribution in [1.29, 1.82) is 0 Å². The number of carbonyl (C=O) groups excluding carboxylic acids is 1. The predicted molar refractivity (Wildman–Crippen MR) is 101 cm³/mol. The average molecular weight is 369 g/mol. The van der Waals surface area contributed by atoms with Gasteiger partial charge in [0, 0.05) is 19.4 Å². The highest BCUT2D eigenvalue weighted by Gasteiger charge is 2.30. The first-order chi connectivity index (χ1) is 13.2. The van der Waals surface area contributed by atoms with Crippen molar-refractivity contribution >= 4 is 5.91 Å². The number of amides is 1. The van der Waals surface area contributed by atoms with Gasteiger partial charge in [0.15, 0.2) is 5.82 Å². The van der Waals surface area contributed by atoms with Crippen LogP contribution in [0.5, 0.6) is 5.75 Å². The van der Waals surface area contributed by atoms with Crippen molar-refractivity contribution in [3.05, 3.63) is 30.1 Å². The van der Waals surface area contributed by atoms with Crippen molar-refractivity contribution < 1.29 is 14.1 Å². The van der Waals surface area contributed by atoms with Crippen LogP contribution >= 0.6 is 0 Å². The molecule has 4 rings (SSSR count). The van der Waals surface area contributed by atoms with E-state index in [1.165, 1.54) is 32.1 Å². The highest BCUT2D eigenvalue weighted by atomic mass is 16.5. The van der Waals surface area contributed by atoms with Crippen molar-refractivity contribution in [2.45, 2.75) is 58.0 Å². The number of hydrogen-bond donors (Lipinski definition) is 0. The molecule has 1 aromatic carbocycles. The Morgan fingerprint density at radius 1 is 1.22 bits per heavy atom. The zero-order valence-electron chi connectivity index (χ0n) is 15.9. The summed E-state index contributed by atoms with van der Waals surface area (Å²) in [4.78, 5) is 18.9. The molecule has 2 aliphatic rings. The van der Waals surface area contributed by atoms with Gasteiger partial charge in [0.25, 0.3) is 5.89 Å². The van der Waals surface area contributed by atoms with E-state index < -0.39 is 0 Å². The number of para-hydroxylation sites is 1. The van der Waals surface area contributed by atoms with E-state index in [4.69, 9.17) is 9.26 Å². The monoisotopic (exact) mass is 369 g/mol. The van der Waals surface area contributed by atoms with Gasteiger partial charge in [-0.15, -0.1) is 0 Å². The minimum absolute atomic E-state index is 0.00507. The van der Waals surface area contributed by atoms with Crippen LogP contribution in [0.3, 0.4) is 0 Å². The quantitative estimate of drug-likeness (QED) is 0.797. The summed E-state index contributed by atoms with van der Waals surface area (Å²) in [5, 5.41) is 3.86. The number of ether oxygens (including phenoxy) is 1. The minimum atomic E-state index is 0.00507. The molecule has 1 saturated heterocycles. The van der Waals surface area contributed by atoms with E-state index in [1.807, 2.05) is 29.2 Å². The molecule has 1 aliphatic heterocycles. The maximum Gasteiger partial charge on any atom is 0.261 e. The second-order valence-corrected chi connectivity index (χ2v) is 7.72. The van der Waals surface area contributed by atoms with Crippen LogP contribution in [0, 0.1) is 12.8 Å². The van der Waals surface area contributed by atoms with Crippen molar-refractivity contribution in [3.8, 4) is 17.2 Å². The Bertz CT molecular complexity index is 782. The molecule has 2 fully saturated rings. The first-order valence-corrected chi connectivity index (χ1v) is 10.0. The van der Waals surface area contributed by atoms with Gasteiger partial charge < -0.3 is 14.2 Å². The van der Waals surface area contributed by atoms with Crippen LogP contribution in [0.2, 0.25) is 0 Å². The van der Waals surface area contributed by atoms with Gasteiger partial charge in [-0.05, 0) is 37.8 Å². The largest absolute Gasteiger partial charge is 0.488 e. The molecule has 0 spiro atoms. The summed E-state index contributed by atoms with van der Waals surface area (Å²) in [6.45, 7) is 3.23. The molecule has 1 aromatic heterocycles. The standard InChI is InChI=1S/C21H27N3O3/c1-15-22-21(27-23-15)18-9-5-6-10-19(18)26-17-11-12-24(14-17)20(25)13-16-7-3-2-4-8-16/h5-6,9-10,16-17H,2-4,7-8,11-14H2,1H3. The van der Waals surface area contributed by atoms with E-state index in [-0.39, 0.29) is 12.0 Å². The summed E-state index contributed by atoms with van der Waals surface area (Å²) in [5.74, 6) is 2.65. The van der Waals surface area contributed by atoms with Gasteiger partial charge in [0.1, 0.15) is 11.9 Å². The number of hydrogen-bond acceptors (Lipinski definition) is 5. The Morgan fingerprint density at radius 3 is 2.81 bits per heavy atom. The van der Waals surface area contributed by atoms with Crippen LogP contribution < -0.4 is 4.74 Å². The molecular formula is C21H27N3O3. The molecule has 1 atom stereocenters. The second kappa shape index (κ2) is 8.11. The lowest BCUT2D eigenvalue weighted by molar-refractivity contribution is -0.131. The summed E-state index contributed by atoms with van der Waals surface area (Å²) in [6.07, 6.45) is 7.84. The summed E-state index contributed by atoms with van der Waals surface area (Å²) in [6, 6.07) is 7.70. The molecule has 144 valence electrons. The first-order valence-electron chi connectivity index (χ1n) is 10.0. The van der Waals surface area contributed by atoms with Crippen LogP contribution in [-0.2, 0) is 4.79 Å². The normalized spacial score (nSPS) is 20.8. The Hall–Kier alpha value is -2.37. The summed E-state index contributed by atoms with van der Waals surface area (Å²) < 4.78 is 11.5. The van der Waals surface area contributed by atoms with Crippen LogP contribution in [0.25, 0.3) is 11.5 Å². The summed E-state index contributed by atoms with van der Waals surface area (Å²) in [5.41, 5.74) is 0.796. The Morgan fingerprint density at radius 2 is 2.04 bits per heavy atom. The number of rotatable bonds is 5. The number of nitrogens with zero attached hydrogens (tertiary/aromatic N) is 3. The summed E-state index contributed by atoms with van der Waals surface area (Å²) >= 11 is 0. The Kier molecular flexibility index (Phi) is 5.41. The van der Waals surface area contributed by atoms with E-state index in [0.717, 1.165) is 24.3 Å². The third-order valence-corrected chi connectivity index (χ3v) is 5.62. The minimum Gasteiger partial charge on any atom is -0.488 e. The first kappa shape index (κ1) is 18.0.